The lowest BCUT2D eigenvalue weighted by Crippen LogP contribution is -2.51. The van der Waals surface area contributed by atoms with E-state index >= 15 is 0 Å². The van der Waals surface area contributed by atoms with Gasteiger partial charge in [0, 0.05) is 12.1 Å². The SMILES string of the molecule is CCC(C)NC(=O)C(C)NC1CCC(C)CC1C. The van der Waals surface area contributed by atoms with Crippen molar-refractivity contribution in [1.82, 2.24) is 10.6 Å². The quantitative estimate of drug-likeness (QED) is 0.792. The summed E-state index contributed by atoms with van der Waals surface area (Å²) in [5, 5.41) is 6.55. The van der Waals surface area contributed by atoms with Gasteiger partial charge >= 0.3 is 0 Å². The first kappa shape index (κ1) is 15.5. The molecular weight excluding hydrogens is 224 g/mol. The van der Waals surface area contributed by atoms with E-state index in [1.165, 1.54) is 19.3 Å². The summed E-state index contributed by atoms with van der Waals surface area (Å²) in [6, 6.07) is 0.685. The van der Waals surface area contributed by atoms with Crippen LogP contribution in [0.1, 0.15) is 60.3 Å². The monoisotopic (exact) mass is 254 g/mol. The minimum atomic E-state index is -0.0835. The Morgan fingerprint density at radius 3 is 2.50 bits per heavy atom. The molecule has 5 atom stereocenters. The van der Waals surface area contributed by atoms with Gasteiger partial charge < -0.3 is 10.6 Å². The van der Waals surface area contributed by atoms with Crippen molar-refractivity contribution in [2.24, 2.45) is 11.8 Å². The average Bonchev–Trinajstić information content (AvgIpc) is 2.32. The van der Waals surface area contributed by atoms with Crippen LogP contribution < -0.4 is 10.6 Å². The van der Waals surface area contributed by atoms with Gasteiger partial charge in [0.25, 0.3) is 0 Å². The molecule has 0 aromatic heterocycles. The van der Waals surface area contributed by atoms with Gasteiger partial charge in [0.05, 0.1) is 6.04 Å². The Bertz CT molecular complexity index is 267. The highest BCUT2D eigenvalue weighted by Crippen LogP contribution is 2.28. The van der Waals surface area contributed by atoms with E-state index in [1.807, 2.05) is 6.92 Å². The Hall–Kier alpha value is -0.570. The van der Waals surface area contributed by atoms with Gasteiger partial charge in [-0.25, -0.2) is 0 Å². The van der Waals surface area contributed by atoms with E-state index in [0.29, 0.717) is 12.0 Å². The van der Waals surface area contributed by atoms with Crippen molar-refractivity contribution in [1.29, 1.82) is 0 Å². The number of carbonyl (C=O) groups excluding carboxylic acids is 1. The normalized spacial score (nSPS) is 31.7. The molecular formula is C15H30N2O. The first-order valence-corrected chi connectivity index (χ1v) is 7.50. The lowest BCUT2D eigenvalue weighted by molar-refractivity contribution is -0.123. The third-order valence-corrected chi connectivity index (χ3v) is 4.29. The summed E-state index contributed by atoms with van der Waals surface area (Å²) in [5.74, 6) is 1.64. The van der Waals surface area contributed by atoms with Crippen molar-refractivity contribution >= 4 is 5.91 Å². The van der Waals surface area contributed by atoms with Gasteiger partial charge in [-0.2, -0.15) is 0 Å². The van der Waals surface area contributed by atoms with E-state index in [1.54, 1.807) is 0 Å². The van der Waals surface area contributed by atoms with E-state index in [2.05, 4.69) is 38.3 Å². The fourth-order valence-electron chi connectivity index (χ4n) is 2.78. The van der Waals surface area contributed by atoms with Gasteiger partial charge in [0.2, 0.25) is 5.91 Å². The van der Waals surface area contributed by atoms with Crippen LogP contribution in [0.15, 0.2) is 0 Å². The highest BCUT2D eigenvalue weighted by Gasteiger charge is 2.27. The smallest absolute Gasteiger partial charge is 0.237 e. The maximum absolute atomic E-state index is 12.0. The third kappa shape index (κ3) is 4.60. The number of amides is 1. The van der Waals surface area contributed by atoms with Gasteiger partial charge in [-0.05, 0) is 51.4 Å². The number of hydrogen-bond acceptors (Lipinski definition) is 2. The van der Waals surface area contributed by atoms with Gasteiger partial charge in [-0.1, -0.05) is 20.8 Å². The molecule has 0 aliphatic heterocycles. The topological polar surface area (TPSA) is 41.1 Å². The van der Waals surface area contributed by atoms with Crippen LogP contribution in [-0.4, -0.2) is 24.0 Å². The molecule has 106 valence electrons. The highest BCUT2D eigenvalue weighted by molar-refractivity contribution is 5.81. The van der Waals surface area contributed by atoms with Gasteiger partial charge in [-0.3, -0.25) is 4.79 Å². The van der Waals surface area contributed by atoms with Crippen LogP contribution in [0.5, 0.6) is 0 Å². The largest absolute Gasteiger partial charge is 0.352 e. The second kappa shape index (κ2) is 7.13. The second-order valence-corrected chi connectivity index (χ2v) is 6.21. The van der Waals surface area contributed by atoms with Crippen LogP contribution in [0.2, 0.25) is 0 Å². The Morgan fingerprint density at radius 1 is 1.28 bits per heavy atom. The molecule has 2 N–H and O–H groups in total. The molecule has 0 bridgehead atoms. The Labute approximate surface area is 112 Å². The summed E-state index contributed by atoms with van der Waals surface area (Å²) >= 11 is 0. The molecule has 1 aliphatic carbocycles. The van der Waals surface area contributed by atoms with Crippen molar-refractivity contribution < 1.29 is 4.79 Å². The lowest BCUT2D eigenvalue weighted by atomic mass is 9.79. The summed E-state index contributed by atoms with van der Waals surface area (Å²) < 4.78 is 0. The Balaban J connectivity index is 2.39. The first-order valence-electron chi connectivity index (χ1n) is 7.50. The minimum absolute atomic E-state index is 0.0835. The van der Waals surface area contributed by atoms with E-state index in [4.69, 9.17) is 0 Å². The Morgan fingerprint density at radius 2 is 1.94 bits per heavy atom. The molecule has 1 rings (SSSR count). The maximum atomic E-state index is 12.0. The van der Waals surface area contributed by atoms with Gasteiger partial charge in [-0.15, -0.1) is 0 Å². The fraction of sp³-hybridized carbons (Fsp3) is 0.933. The van der Waals surface area contributed by atoms with E-state index < -0.39 is 0 Å². The van der Waals surface area contributed by atoms with Crippen LogP contribution in [-0.2, 0) is 4.79 Å². The molecule has 5 unspecified atom stereocenters. The van der Waals surface area contributed by atoms with Crippen molar-refractivity contribution in [2.75, 3.05) is 0 Å². The molecule has 1 aliphatic rings. The lowest BCUT2D eigenvalue weighted by Gasteiger charge is -2.35. The zero-order chi connectivity index (χ0) is 13.7. The first-order chi connectivity index (χ1) is 8.43. The van der Waals surface area contributed by atoms with Crippen LogP contribution >= 0.6 is 0 Å². The van der Waals surface area contributed by atoms with Crippen molar-refractivity contribution in [3.63, 3.8) is 0 Å². The van der Waals surface area contributed by atoms with Crippen molar-refractivity contribution in [3.05, 3.63) is 0 Å². The van der Waals surface area contributed by atoms with E-state index in [9.17, 15) is 4.79 Å². The molecule has 0 saturated heterocycles. The maximum Gasteiger partial charge on any atom is 0.237 e. The number of rotatable bonds is 5. The van der Waals surface area contributed by atoms with E-state index in [0.717, 1.165) is 12.3 Å². The molecule has 1 saturated carbocycles. The molecule has 18 heavy (non-hydrogen) atoms. The summed E-state index contributed by atoms with van der Waals surface area (Å²) in [6.45, 7) is 10.7. The molecule has 3 nitrogen and oxygen atoms in total. The molecule has 0 heterocycles. The van der Waals surface area contributed by atoms with Crippen molar-refractivity contribution in [2.45, 2.75) is 78.4 Å². The number of nitrogens with one attached hydrogen (secondary N) is 2. The summed E-state index contributed by atoms with van der Waals surface area (Å²) in [7, 11) is 0. The Kier molecular flexibility index (Phi) is 6.13. The standard InChI is InChI=1S/C15H30N2O/c1-6-12(4)16-15(18)13(5)17-14-8-7-10(2)9-11(14)3/h10-14,17H,6-9H2,1-5H3,(H,16,18). The second-order valence-electron chi connectivity index (χ2n) is 6.21. The van der Waals surface area contributed by atoms with Crippen LogP contribution in [0.4, 0.5) is 0 Å². The zero-order valence-electron chi connectivity index (χ0n) is 12.6. The fourth-order valence-corrected chi connectivity index (χ4v) is 2.78. The van der Waals surface area contributed by atoms with Gasteiger partial charge in [0.15, 0.2) is 0 Å². The third-order valence-electron chi connectivity index (χ3n) is 4.29. The van der Waals surface area contributed by atoms with Crippen LogP contribution in [0, 0.1) is 11.8 Å². The highest BCUT2D eigenvalue weighted by atomic mass is 16.2. The molecule has 0 spiro atoms. The molecule has 1 fully saturated rings. The molecule has 3 heteroatoms. The predicted octanol–water partition coefficient (Wildman–Crippen LogP) is 2.70. The van der Waals surface area contributed by atoms with Crippen LogP contribution in [0.25, 0.3) is 0 Å². The zero-order valence-corrected chi connectivity index (χ0v) is 12.6. The average molecular weight is 254 g/mol. The number of hydrogen-bond donors (Lipinski definition) is 2. The number of carbonyl (C=O) groups is 1. The summed E-state index contributed by atoms with van der Waals surface area (Å²) in [5.41, 5.74) is 0. The molecule has 0 aromatic rings. The van der Waals surface area contributed by atoms with Gasteiger partial charge in [0.1, 0.15) is 0 Å². The molecule has 1 amide bonds. The summed E-state index contributed by atoms with van der Waals surface area (Å²) in [6.07, 6.45) is 4.73. The minimum Gasteiger partial charge on any atom is -0.352 e. The van der Waals surface area contributed by atoms with Crippen molar-refractivity contribution in [3.8, 4) is 0 Å². The predicted molar refractivity (Wildman–Crippen MR) is 76.5 cm³/mol. The molecule has 0 aromatic carbocycles. The van der Waals surface area contributed by atoms with Crippen LogP contribution in [0.3, 0.4) is 0 Å². The summed E-state index contributed by atoms with van der Waals surface area (Å²) in [4.78, 5) is 12.0. The van der Waals surface area contributed by atoms with E-state index in [-0.39, 0.29) is 18.0 Å². The molecule has 0 radical (unpaired) electrons.